The minimum absolute atomic E-state index is 0.0901. The van der Waals surface area contributed by atoms with Crippen molar-refractivity contribution in [1.29, 1.82) is 0 Å². The van der Waals surface area contributed by atoms with E-state index in [4.69, 9.17) is 4.74 Å². The molecule has 1 saturated carbocycles. The third kappa shape index (κ3) is 4.61. The van der Waals surface area contributed by atoms with Crippen LogP contribution in [0.4, 0.5) is 0 Å². The fraction of sp³-hybridized carbons (Fsp3) is 0.714. The number of methoxy groups -OCH3 is 1. The third-order valence-corrected chi connectivity index (χ3v) is 3.53. The van der Waals surface area contributed by atoms with Crippen molar-refractivity contribution in [2.24, 2.45) is 0 Å². The van der Waals surface area contributed by atoms with Crippen molar-refractivity contribution in [3.8, 4) is 0 Å². The summed E-state index contributed by atoms with van der Waals surface area (Å²) in [6.45, 7) is 3.26. The van der Waals surface area contributed by atoms with Gasteiger partial charge in [0.1, 0.15) is 5.69 Å². The summed E-state index contributed by atoms with van der Waals surface area (Å²) in [5.41, 5.74) is 1.59. The molecule has 0 bridgehead atoms. The van der Waals surface area contributed by atoms with Crippen molar-refractivity contribution in [3.63, 3.8) is 0 Å². The van der Waals surface area contributed by atoms with Gasteiger partial charge in [0, 0.05) is 31.8 Å². The quantitative estimate of drug-likeness (QED) is 0.662. The number of hydrogen-bond acceptors (Lipinski definition) is 4. The molecular formula is C14H24N4O2. The Labute approximate surface area is 119 Å². The van der Waals surface area contributed by atoms with E-state index >= 15 is 0 Å². The number of aromatic amines is 1. The van der Waals surface area contributed by atoms with Crippen LogP contribution >= 0.6 is 0 Å². The zero-order chi connectivity index (χ0) is 14.4. The summed E-state index contributed by atoms with van der Waals surface area (Å²) in [6.07, 6.45) is 3.33. The summed E-state index contributed by atoms with van der Waals surface area (Å²) in [4.78, 5) is 14.1. The van der Waals surface area contributed by atoms with Crippen LogP contribution in [0.25, 0.3) is 0 Å². The minimum atomic E-state index is -0.0901. The number of amides is 1. The van der Waals surface area contributed by atoms with Crippen LogP contribution in [0.15, 0.2) is 6.07 Å². The minimum Gasteiger partial charge on any atom is -0.383 e. The van der Waals surface area contributed by atoms with Crippen molar-refractivity contribution >= 4 is 5.91 Å². The summed E-state index contributed by atoms with van der Waals surface area (Å²) in [5, 5.41) is 9.92. The standard InChI is InChI=1S/C14H24N4O2/c1-18(8-9-20-2)7-3-6-15-14(19)13-10-12(16-17-13)11-4-5-11/h10-11H,3-9H2,1-2H3,(H,15,19)(H,16,17). The lowest BCUT2D eigenvalue weighted by atomic mass is 10.2. The van der Waals surface area contributed by atoms with E-state index in [-0.39, 0.29) is 5.91 Å². The Morgan fingerprint density at radius 2 is 2.35 bits per heavy atom. The maximum absolute atomic E-state index is 11.9. The van der Waals surface area contributed by atoms with Crippen LogP contribution in [0.3, 0.4) is 0 Å². The highest BCUT2D eigenvalue weighted by Gasteiger charge is 2.26. The van der Waals surface area contributed by atoms with Gasteiger partial charge < -0.3 is 15.0 Å². The number of likely N-dealkylation sites (N-methyl/N-ethyl adjacent to an activating group) is 1. The smallest absolute Gasteiger partial charge is 0.271 e. The third-order valence-electron chi connectivity index (χ3n) is 3.53. The molecule has 0 atom stereocenters. The lowest BCUT2D eigenvalue weighted by molar-refractivity contribution is 0.0946. The van der Waals surface area contributed by atoms with E-state index < -0.39 is 0 Å². The predicted octanol–water partition coefficient (Wildman–Crippen LogP) is 0.985. The van der Waals surface area contributed by atoms with Gasteiger partial charge in [0.25, 0.3) is 5.91 Å². The number of ether oxygens (including phenoxy) is 1. The zero-order valence-corrected chi connectivity index (χ0v) is 12.3. The number of aromatic nitrogens is 2. The molecule has 6 heteroatoms. The maximum Gasteiger partial charge on any atom is 0.271 e. The Bertz CT molecular complexity index is 429. The molecular weight excluding hydrogens is 256 g/mol. The molecule has 1 fully saturated rings. The van der Waals surface area contributed by atoms with Crippen molar-refractivity contribution in [2.45, 2.75) is 25.2 Å². The van der Waals surface area contributed by atoms with Crippen LogP contribution in [-0.2, 0) is 4.74 Å². The molecule has 2 rings (SSSR count). The normalized spacial score (nSPS) is 14.8. The number of carbonyl (C=O) groups is 1. The predicted molar refractivity (Wildman–Crippen MR) is 76.9 cm³/mol. The van der Waals surface area contributed by atoms with E-state index in [1.807, 2.05) is 6.07 Å². The number of rotatable bonds is 9. The molecule has 1 heterocycles. The second kappa shape index (κ2) is 7.40. The Hall–Kier alpha value is -1.40. The van der Waals surface area contributed by atoms with Gasteiger partial charge in [0.15, 0.2) is 0 Å². The van der Waals surface area contributed by atoms with Crippen LogP contribution < -0.4 is 5.32 Å². The first kappa shape index (κ1) is 15.0. The van der Waals surface area contributed by atoms with Gasteiger partial charge in [-0.05, 0) is 38.9 Å². The summed E-state index contributed by atoms with van der Waals surface area (Å²) in [7, 11) is 3.75. The van der Waals surface area contributed by atoms with Gasteiger partial charge in [0.05, 0.1) is 6.61 Å². The SMILES string of the molecule is COCCN(C)CCCNC(=O)c1cc(C2CC2)[nH]n1. The number of H-pyrrole nitrogens is 1. The summed E-state index contributed by atoms with van der Waals surface area (Å²) in [6, 6.07) is 1.87. The molecule has 20 heavy (non-hydrogen) atoms. The molecule has 112 valence electrons. The number of hydrogen-bond donors (Lipinski definition) is 2. The van der Waals surface area contributed by atoms with Crippen molar-refractivity contribution in [3.05, 3.63) is 17.5 Å². The van der Waals surface area contributed by atoms with Gasteiger partial charge in [-0.1, -0.05) is 0 Å². The number of carbonyl (C=O) groups excluding carboxylic acids is 1. The van der Waals surface area contributed by atoms with Gasteiger partial charge in [-0.3, -0.25) is 9.89 Å². The first-order chi connectivity index (χ1) is 9.70. The summed E-state index contributed by atoms with van der Waals surface area (Å²) in [5.74, 6) is 0.506. The Kier molecular flexibility index (Phi) is 5.55. The lowest BCUT2D eigenvalue weighted by Crippen LogP contribution is -2.29. The molecule has 2 N–H and O–H groups in total. The molecule has 6 nitrogen and oxygen atoms in total. The highest BCUT2D eigenvalue weighted by atomic mass is 16.5. The van der Waals surface area contributed by atoms with E-state index in [1.54, 1.807) is 7.11 Å². The van der Waals surface area contributed by atoms with Gasteiger partial charge in [-0.25, -0.2) is 0 Å². The highest BCUT2D eigenvalue weighted by Crippen LogP contribution is 2.38. The molecule has 0 saturated heterocycles. The molecule has 0 unspecified atom stereocenters. The van der Waals surface area contributed by atoms with Gasteiger partial charge >= 0.3 is 0 Å². The average molecular weight is 280 g/mol. The Morgan fingerprint density at radius 1 is 1.55 bits per heavy atom. The zero-order valence-electron chi connectivity index (χ0n) is 12.3. The lowest BCUT2D eigenvalue weighted by Gasteiger charge is -2.15. The van der Waals surface area contributed by atoms with E-state index in [0.29, 0.717) is 18.2 Å². The van der Waals surface area contributed by atoms with Gasteiger partial charge in [-0.15, -0.1) is 0 Å². The molecule has 0 aromatic carbocycles. The molecule has 1 aliphatic rings. The van der Waals surface area contributed by atoms with Crippen LogP contribution in [0, 0.1) is 0 Å². The summed E-state index contributed by atoms with van der Waals surface area (Å²) < 4.78 is 5.02. The topological polar surface area (TPSA) is 70.2 Å². The molecule has 0 radical (unpaired) electrons. The Morgan fingerprint density at radius 3 is 3.05 bits per heavy atom. The molecule has 0 aliphatic heterocycles. The first-order valence-electron chi connectivity index (χ1n) is 7.21. The molecule has 1 aromatic heterocycles. The monoisotopic (exact) mass is 280 g/mol. The van der Waals surface area contributed by atoms with Gasteiger partial charge in [-0.2, -0.15) is 5.10 Å². The second-order valence-electron chi connectivity index (χ2n) is 5.39. The summed E-state index contributed by atoms with van der Waals surface area (Å²) >= 11 is 0. The van der Waals surface area contributed by atoms with Crippen LogP contribution in [-0.4, -0.2) is 61.4 Å². The Balaban J connectivity index is 1.62. The van der Waals surface area contributed by atoms with E-state index in [9.17, 15) is 4.79 Å². The van der Waals surface area contributed by atoms with Crippen molar-refractivity contribution in [1.82, 2.24) is 20.4 Å². The van der Waals surface area contributed by atoms with E-state index in [1.165, 1.54) is 12.8 Å². The molecule has 0 spiro atoms. The second-order valence-corrected chi connectivity index (χ2v) is 5.39. The van der Waals surface area contributed by atoms with Crippen molar-refractivity contribution in [2.75, 3.05) is 40.4 Å². The average Bonchev–Trinajstić information content (AvgIpc) is 3.18. The van der Waals surface area contributed by atoms with Crippen LogP contribution in [0.2, 0.25) is 0 Å². The fourth-order valence-electron chi connectivity index (χ4n) is 2.06. The van der Waals surface area contributed by atoms with E-state index in [2.05, 4.69) is 27.5 Å². The van der Waals surface area contributed by atoms with Crippen LogP contribution in [0.1, 0.15) is 41.4 Å². The number of nitrogens with zero attached hydrogens (tertiary/aromatic N) is 2. The largest absolute Gasteiger partial charge is 0.383 e. The molecule has 1 aromatic rings. The van der Waals surface area contributed by atoms with Gasteiger partial charge in [0.2, 0.25) is 0 Å². The van der Waals surface area contributed by atoms with Crippen molar-refractivity contribution < 1.29 is 9.53 Å². The number of nitrogens with one attached hydrogen (secondary N) is 2. The fourth-order valence-corrected chi connectivity index (χ4v) is 2.06. The molecule has 1 aliphatic carbocycles. The van der Waals surface area contributed by atoms with E-state index in [0.717, 1.165) is 31.8 Å². The maximum atomic E-state index is 11.9. The highest BCUT2D eigenvalue weighted by molar-refractivity contribution is 5.92. The first-order valence-corrected chi connectivity index (χ1v) is 7.21. The molecule has 1 amide bonds. The van der Waals surface area contributed by atoms with Crippen LogP contribution in [0.5, 0.6) is 0 Å².